The average molecular weight is 452 g/mol. The minimum atomic E-state index is -0.227. The second-order valence-electron chi connectivity index (χ2n) is 5.08. The van der Waals surface area contributed by atoms with E-state index in [1.54, 1.807) is 23.5 Å². The van der Waals surface area contributed by atoms with Crippen molar-refractivity contribution in [3.63, 3.8) is 0 Å². The molecule has 0 aliphatic rings. The van der Waals surface area contributed by atoms with Crippen LogP contribution in [0, 0.1) is 0 Å². The third-order valence-corrected chi connectivity index (χ3v) is 6.06. The molecule has 0 aliphatic carbocycles. The van der Waals surface area contributed by atoms with E-state index < -0.39 is 0 Å². The van der Waals surface area contributed by atoms with Crippen LogP contribution in [0.15, 0.2) is 50.3 Å². The number of thiazole rings is 1. The molecule has 1 heterocycles. The molecule has 0 atom stereocenters. The van der Waals surface area contributed by atoms with Gasteiger partial charge in [-0.05, 0) is 45.8 Å². The maximum Gasteiger partial charge on any atom is 0.250 e. The van der Waals surface area contributed by atoms with Gasteiger partial charge in [0.2, 0.25) is 0 Å². The van der Waals surface area contributed by atoms with Crippen molar-refractivity contribution < 1.29 is 14.6 Å². The van der Waals surface area contributed by atoms with Gasteiger partial charge in [-0.15, -0.1) is 11.3 Å². The molecular formula is C17H14BrN3O3S2. The minimum absolute atomic E-state index is 0.0147. The number of para-hydroxylation sites is 1. The third-order valence-electron chi connectivity index (χ3n) is 3.27. The molecule has 0 fully saturated rings. The highest BCUT2D eigenvalue weighted by molar-refractivity contribution is 9.10. The highest BCUT2D eigenvalue weighted by atomic mass is 79.9. The van der Waals surface area contributed by atoms with Crippen LogP contribution in [0.4, 0.5) is 0 Å². The summed E-state index contributed by atoms with van der Waals surface area (Å²) in [5.41, 5.74) is 4.08. The van der Waals surface area contributed by atoms with Crippen LogP contribution in [0.1, 0.15) is 5.56 Å². The third kappa shape index (κ3) is 4.54. The zero-order valence-electron chi connectivity index (χ0n) is 13.6. The summed E-state index contributed by atoms with van der Waals surface area (Å²) in [6.07, 6.45) is 1.48. The van der Waals surface area contributed by atoms with Gasteiger partial charge in [-0.3, -0.25) is 4.79 Å². The number of phenols is 1. The lowest BCUT2D eigenvalue weighted by molar-refractivity contribution is -0.118. The Morgan fingerprint density at radius 1 is 1.46 bits per heavy atom. The van der Waals surface area contributed by atoms with Crippen molar-refractivity contribution in [3.8, 4) is 11.5 Å². The Morgan fingerprint density at radius 3 is 3.04 bits per heavy atom. The first kappa shape index (κ1) is 18.7. The lowest BCUT2D eigenvalue weighted by atomic mass is 10.2. The Hall–Kier alpha value is -2.10. The van der Waals surface area contributed by atoms with Gasteiger partial charge in [0.1, 0.15) is 0 Å². The number of benzene rings is 2. The summed E-state index contributed by atoms with van der Waals surface area (Å²) in [6.45, 7) is 0. The first-order valence-electron chi connectivity index (χ1n) is 7.43. The molecule has 6 nitrogen and oxygen atoms in total. The Kier molecular flexibility index (Phi) is 6.12. The van der Waals surface area contributed by atoms with E-state index in [9.17, 15) is 9.90 Å². The van der Waals surface area contributed by atoms with Gasteiger partial charge in [-0.25, -0.2) is 10.4 Å². The smallest absolute Gasteiger partial charge is 0.250 e. The number of carbonyl (C=O) groups excluding carboxylic acids is 1. The summed E-state index contributed by atoms with van der Waals surface area (Å²) in [5, 5.41) is 13.7. The number of methoxy groups -OCH3 is 1. The molecule has 3 aromatic rings. The summed E-state index contributed by atoms with van der Waals surface area (Å²) < 4.78 is 7.49. The highest BCUT2D eigenvalue weighted by Gasteiger charge is 2.08. The number of halogens is 1. The molecule has 0 radical (unpaired) electrons. The van der Waals surface area contributed by atoms with Crippen molar-refractivity contribution in [1.29, 1.82) is 0 Å². The number of nitrogens with zero attached hydrogens (tertiary/aromatic N) is 2. The zero-order chi connectivity index (χ0) is 18.5. The van der Waals surface area contributed by atoms with Crippen LogP contribution in [0.2, 0.25) is 0 Å². The number of phenolic OH excluding ortho intramolecular Hbond substituents is 1. The number of rotatable bonds is 6. The summed E-state index contributed by atoms with van der Waals surface area (Å²) in [7, 11) is 1.46. The maximum absolute atomic E-state index is 11.9. The number of hydrazone groups is 1. The molecular weight excluding hydrogens is 438 g/mol. The summed E-state index contributed by atoms with van der Waals surface area (Å²) in [4.78, 5) is 16.4. The van der Waals surface area contributed by atoms with Crippen LogP contribution in [0.25, 0.3) is 10.2 Å². The Bertz CT molecular complexity index is 942. The number of hydrogen-bond donors (Lipinski definition) is 2. The standard InChI is InChI=1S/C17H14BrN3O3S2/c1-24-13-7-10(6-11(18)16(13)23)8-19-21-15(22)9-25-17-20-12-4-2-3-5-14(12)26-17/h2-8,23H,9H2,1H3,(H,21,22)/b19-8-. The van der Waals surface area contributed by atoms with Crippen molar-refractivity contribution in [1.82, 2.24) is 10.4 Å². The van der Waals surface area contributed by atoms with Crippen LogP contribution in [-0.4, -0.2) is 35.1 Å². The molecule has 0 spiro atoms. The number of nitrogens with one attached hydrogen (secondary N) is 1. The van der Waals surface area contributed by atoms with Crippen molar-refractivity contribution in [3.05, 3.63) is 46.4 Å². The molecule has 0 saturated carbocycles. The molecule has 0 aliphatic heterocycles. The topological polar surface area (TPSA) is 83.8 Å². The molecule has 9 heteroatoms. The molecule has 1 amide bonds. The normalized spacial score (nSPS) is 11.2. The number of hydrogen-bond acceptors (Lipinski definition) is 7. The molecule has 2 N–H and O–H groups in total. The fourth-order valence-corrected chi connectivity index (χ4v) is 4.40. The van der Waals surface area contributed by atoms with E-state index in [4.69, 9.17) is 4.74 Å². The van der Waals surface area contributed by atoms with Crippen LogP contribution in [0.3, 0.4) is 0 Å². The van der Waals surface area contributed by atoms with E-state index in [-0.39, 0.29) is 17.4 Å². The predicted octanol–water partition coefficient (Wildman–Crippen LogP) is 4.02. The number of aromatic hydroxyl groups is 1. The summed E-state index contributed by atoms with van der Waals surface area (Å²) >= 11 is 6.17. The number of thioether (sulfide) groups is 1. The fourth-order valence-electron chi connectivity index (χ4n) is 2.08. The van der Waals surface area contributed by atoms with Crippen molar-refractivity contribution in [2.45, 2.75) is 4.34 Å². The average Bonchev–Trinajstić information content (AvgIpc) is 3.05. The minimum Gasteiger partial charge on any atom is -0.503 e. The Balaban J connectivity index is 1.55. The van der Waals surface area contributed by atoms with Gasteiger partial charge in [-0.2, -0.15) is 5.10 Å². The van der Waals surface area contributed by atoms with E-state index in [0.29, 0.717) is 15.8 Å². The number of carbonyl (C=O) groups is 1. The van der Waals surface area contributed by atoms with Crippen molar-refractivity contribution in [2.75, 3.05) is 12.9 Å². The molecule has 0 unspecified atom stereocenters. The fraction of sp³-hybridized carbons (Fsp3) is 0.118. The Labute approximate surface area is 166 Å². The van der Waals surface area contributed by atoms with Crippen molar-refractivity contribution >= 4 is 61.4 Å². The molecule has 134 valence electrons. The van der Waals surface area contributed by atoms with Crippen LogP contribution >= 0.6 is 39.0 Å². The van der Waals surface area contributed by atoms with Crippen LogP contribution < -0.4 is 10.2 Å². The SMILES string of the molecule is COc1cc(/C=N\NC(=O)CSc2nc3ccccc3s2)cc(Br)c1O. The molecule has 1 aromatic heterocycles. The van der Waals surface area contributed by atoms with Gasteiger partial charge >= 0.3 is 0 Å². The summed E-state index contributed by atoms with van der Waals surface area (Å²) in [5.74, 6) is 0.328. The molecule has 2 aromatic carbocycles. The van der Waals surface area contributed by atoms with Crippen LogP contribution in [0.5, 0.6) is 11.5 Å². The second-order valence-corrected chi connectivity index (χ2v) is 8.19. The quantitative estimate of drug-likeness (QED) is 0.336. The molecule has 3 rings (SSSR count). The van der Waals surface area contributed by atoms with Gasteiger partial charge in [-0.1, -0.05) is 23.9 Å². The largest absolute Gasteiger partial charge is 0.503 e. The molecule has 0 bridgehead atoms. The number of fused-ring (bicyclic) bond motifs is 1. The predicted molar refractivity (Wildman–Crippen MR) is 108 cm³/mol. The maximum atomic E-state index is 11.9. The Morgan fingerprint density at radius 2 is 2.27 bits per heavy atom. The van der Waals surface area contributed by atoms with E-state index in [1.807, 2.05) is 24.3 Å². The van der Waals surface area contributed by atoms with E-state index in [1.165, 1.54) is 25.1 Å². The lowest BCUT2D eigenvalue weighted by Crippen LogP contribution is -2.19. The van der Waals surface area contributed by atoms with Crippen LogP contribution in [-0.2, 0) is 4.79 Å². The van der Waals surface area contributed by atoms with Crippen molar-refractivity contribution in [2.24, 2.45) is 5.10 Å². The summed E-state index contributed by atoms with van der Waals surface area (Å²) in [6, 6.07) is 11.1. The number of amides is 1. The highest BCUT2D eigenvalue weighted by Crippen LogP contribution is 2.34. The number of ether oxygens (including phenoxy) is 1. The number of aromatic nitrogens is 1. The van der Waals surface area contributed by atoms with Gasteiger partial charge < -0.3 is 9.84 Å². The monoisotopic (exact) mass is 451 g/mol. The molecule has 26 heavy (non-hydrogen) atoms. The first-order valence-corrected chi connectivity index (χ1v) is 10.0. The van der Waals surface area contributed by atoms with Gasteiger partial charge in [0.05, 0.1) is 33.8 Å². The van der Waals surface area contributed by atoms with E-state index in [0.717, 1.165) is 14.6 Å². The van der Waals surface area contributed by atoms with E-state index >= 15 is 0 Å². The van der Waals surface area contributed by atoms with Gasteiger partial charge in [0, 0.05) is 0 Å². The lowest BCUT2D eigenvalue weighted by Gasteiger charge is -2.06. The molecule has 0 saturated heterocycles. The zero-order valence-corrected chi connectivity index (χ0v) is 16.8. The van der Waals surface area contributed by atoms with E-state index in [2.05, 4.69) is 31.4 Å². The van der Waals surface area contributed by atoms with Gasteiger partial charge in [0.15, 0.2) is 15.8 Å². The van der Waals surface area contributed by atoms with Gasteiger partial charge in [0.25, 0.3) is 5.91 Å². The second kappa shape index (κ2) is 8.52. The first-order chi connectivity index (χ1) is 12.6.